The van der Waals surface area contributed by atoms with E-state index in [2.05, 4.69) is 23.7 Å². The van der Waals surface area contributed by atoms with Crippen molar-refractivity contribution >= 4 is 11.3 Å². The molecule has 15 heavy (non-hydrogen) atoms. The molecule has 1 aliphatic heterocycles. The zero-order valence-electron chi connectivity index (χ0n) is 9.44. The van der Waals surface area contributed by atoms with Gasteiger partial charge in [0.15, 0.2) is 0 Å². The lowest BCUT2D eigenvalue weighted by molar-refractivity contribution is 0.0906. The number of thiazole rings is 1. The van der Waals surface area contributed by atoms with Gasteiger partial charge in [-0.1, -0.05) is 13.8 Å². The minimum absolute atomic E-state index is 0.239. The lowest BCUT2D eigenvalue weighted by Gasteiger charge is -2.42. The SMILES string of the molecule is CC1(C)CN(Cc2cncs2)CCC1N. The monoisotopic (exact) mass is 225 g/mol. The standard InChI is InChI=1S/C11H19N3S/c1-11(2)7-14(4-3-10(11)12)6-9-5-13-8-15-9/h5,8,10H,3-4,6-7,12H2,1-2H3. The Kier molecular flexibility index (Phi) is 3.09. The predicted molar refractivity (Wildman–Crippen MR) is 63.8 cm³/mol. The van der Waals surface area contributed by atoms with Crippen LogP contribution >= 0.6 is 11.3 Å². The normalized spacial score (nSPS) is 26.7. The molecule has 1 aromatic heterocycles. The van der Waals surface area contributed by atoms with Crippen molar-refractivity contribution in [2.75, 3.05) is 13.1 Å². The highest BCUT2D eigenvalue weighted by atomic mass is 32.1. The molecule has 0 bridgehead atoms. The summed E-state index contributed by atoms with van der Waals surface area (Å²) in [6.07, 6.45) is 3.07. The van der Waals surface area contributed by atoms with E-state index in [-0.39, 0.29) is 5.41 Å². The van der Waals surface area contributed by atoms with Crippen LogP contribution in [0.2, 0.25) is 0 Å². The Morgan fingerprint density at radius 1 is 1.67 bits per heavy atom. The maximum atomic E-state index is 6.11. The Morgan fingerprint density at radius 2 is 2.47 bits per heavy atom. The van der Waals surface area contributed by atoms with Crippen LogP contribution in [0.3, 0.4) is 0 Å². The van der Waals surface area contributed by atoms with Crippen LogP contribution in [-0.4, -0.2) is 29.0 Å². The Labute approximate surface area is 95.3 Å². The predicted octanol–water partition coefficient (Wildman–Crippen LogP) is 1.70. The summed E-state index contributed by atoms with van der Waals surface area (Å²) in [5.74, 6) is 0. The lowest BCUT2D eigenvalue weighted by Crippen LogP contribution is -2.51. The van der Waals surface area contributed by atoms with Crippen LogP contribution in [0.5, 0.6) is 0 Å². The van der Waals surface area contributed by atoms with Gasteiger partial charge < -0.3 is 5.73 Å². The van der Waals surface area contributed by atoms with Crippen molar-refractivity contribution in [2.45, 2.75) is 32.9 Å². The first-order chi connectivity index (χ1) is 7.08. The van der Waals surface area contributed by atoms with Crippen LogP contribution in [0.4, 0.5) is 0 Å². The summed E-state index contributed by atoms with van der Waals surface area (Å²) >= 11 is 1.73. The average Bonchev–Trinajstić information content (AvgIpc) is 2.63. The molecule has 1 aromatic rings. The Hall–Kier alpha value is -0.450. The van der Waals surface area contributed by atoms with E-state index in [0.717, 1.165) is 26.1 Å². The van der Waals surface area contributed by atoms with Gasteiger partial charge in [-0.05, 0) is 11.8 Å². The van der Waals surface area contributed by atoms with Crippen LogP contribution in [0, 0.1) is 5.41 Å². The first-order valence-electron chi connectivity index (χ1n) is 5.43. The number of nitrogens with two attached hydrogens (primary N) is 1. The number of aromatic nitrogens is 1. The molecule has 3 nitrogen and oxygen atoms in total. The molecule has 0 radical (unpaired) electrons. The van der Waals surface area contributed by atoms with E-state index in [1.165, 1.54) is 4.88 Å². The topological polar surface area (TPSA) is 42.2 Å². The van der Waals surface area contributed by atoms with Gasteiger partial charge in [0.05, 0.1) is 5.51 Å². The molecule has 0 spiro atoms. The second-order valence-corrected chi connectivity index (χ2v) is 6.03. The summed E-state index contributed by atoms with van der Waals surface area (Å²) in [6, 6.07) is 0.343. The number of hydrogen-bond acceptors (Lipinski definition) is 4. The second-order valence-electron chi connectivity index (χ2n) is 5.06. The summed E-state index contributed by atoms with van der Waals surface area (Å²) in [7, 11) is 0. The van der Waals surface area contributed by atoms with Gasteiger partial charge in [-0.3, -0.25) is 9.88 Å². The maximum Gasteiger partial charge on any atom is 0.0794 e. The van der Waals surface area contributed by atoms with Gasteiger partial charge in [0.1, 0.15) is 0 Å². The maximum absolute atomic E-state index is 6.11. The van der Waals surface area contributed by atoms with Gasteiger partial charge in [-0.25, -0.2) is 0 Å². The lowest BCUT2D eigenvalue weighted by atomic mass is 9.80. The summed E-state index contributed by atoms with van der Waals surface area (Å²) in [5.41, 5.74) is 8.25. The first kappa shape index (κ1) is 11.0. The van der Waals surface area contributed by atoms with Crippen molar-refractivity contribution in [3.05, 3.63) is 16.6 Å². The van der Waals surface area contributed by atoms with Crippen LogP contribution in [0.15, 0.2) is 11.7 Å². The fraction of sp³-hybridized carbons (Fsp3) is 0.727. The van der Waals surface area contributed by atoms with Gasteiger partial charge in [0.25, 0.3) is 0 Å². The van der Waals surface area contributed by atoms with Gasteiger partial charge in [-0.15, -0.1) is 11.3 Å². The van der Waals surface area contributed by atoms with E-state index in [1.807, 2.05) is 11.7 Å². The Bertz CT molecular complexity index is 308. The quantitative estimate of drug-likeness (QED) is 0.833. The summed E-state index contributed by atoms with van der Waals surface area (Å²) in [5, 5.41) is 0. The third-order valence-corrected chi connectivity index (χ3v) is 4.02. The number of rotatable bonds is 2. The van der Waals surface area contributed by atoms with Crippen LogP contribution in [0.25, 0.3) is 0 Å². The molecule has 1 fully saturated rings. The van der Waals surface area contributed by atoms with Gasteiger partial charge in [0, 0.05) is 36.8 Å². The van der Waals surface area contributed by atoms with Gasteiger partial charge >= 0.3 is 0 Å². The number of piperidine rings is 1. The zero-order valence-corrected chi connectivity index (χ0v) is 10.3. The van der Waals surface area contributed by atoms with E-state index >= 15 is 0 Å². The second kappa shape index (κ2) is 4.20. The molecule has 1 saturated heterocycles. The molecule has 0 aromatic carbocycles. The zero-order chi connectivity index (χ0) is 10.9. The molecule has 84 valence electrons. The van der Waals surface area contributed by atoms with Crippen molar-refractivity contribution in [3.8, 4) is 0 Å². The van der Waals surface area contributed by atoms with E-state index < -0.39 is 0 Å². The van der Waals surface area contributed by atoms with E-state index in [4.69, 9.17) is 5.73 Å². The minimum Gasteiger partial charge on any atom is -0.327 e. The Morgan fingerprint density at radius 3 is 3.07 bits per heavy atom. The molecular weight excluding hydrogens is 206 g/mol. The van der Waals surface area contributed by atoms with Crippen LogP contribution in [0.1, 0.15) is 25.1 Å². The molecule has 1 unspecified atom stereocenters. The molecule has 0 saturated carbocycles. The molecule has 1 atom stereocenters. The van der Waals surface area contributed by atoms with Crippen LogP contribution < -0.4 is 5.73 Å². The largest absolute Gasteiger partial charge is 0.327 e. The van der Waals surface area contributed by atoms with Gasteiger partial charge in [-0.2, -0.15) is 0 Å². The molecule has 2 heterocycles. The van der Waals surface area contributed by atoms with Crippen molar-refractivity contribution in [1.82, 2.24) is 9.88 Å². The summed E-state index contributed by atoms with van der Waals surface area (Å²) in [4.78, 5) is 7.94. The van der Waals surface area contributed by atoms with E-state index in [0.29, 0.717) is 6.04 Å². The molecule has 2 N–H and O–H groups in total. The van der Waals surface area contributed by atoms with Crippen molar-refractivity contribution in [3.63, 3.8) is 0 Å². The number of nitrogens with zero attached hydrogens (tertiary/aromatic N) is 2. The fourth-order valence-corrected chi connectivity index (χ4v) is 2.80. The molecule has 4 heteroatoms. The smallest absolute Gasteiger partial charge is 0.0794 e. The highest BCUT2D eigenvalue weighted by molar-refractivity contribution is 7.09. The van der Waals surface area contributed by atoms with Gasteiger partial charge in [0.2, 0.25) is 0 Å². The fourth-order valence-electron chi connectivity index (χ4n) is 2.16. The Balaban J connectivity index is 1.95. The highest BCUT2D eigenvalue weighted by Crippen LogP contribution is 2.28. The number of hydrogen-bond donors (Lipinski definition) is 1. The van der Waals surface area contributed by atoms with Crippen LogP contribution in [-0.2, 0) is 6.54 Å². The molecule has 0 aliphatic carbocycles. The van der Waals surface area contributed by atoms with Crippen molar-refractivity contribution in [1.29, 1.82) is 0 Å². The summed E-state index contributed by atoms with van der Waals surface area (Å²) < 4.78 is 0. The first-order valence-corrected chi connectivity index (χ1v) is 6.31. The van der Waals surface area contributed by atoms with E-state index in [9.17, 15) is 0 Å². The summed E-state index contributed by atoms with van der Waals surface area (Å²) in [6.45, 7) is 7.75. The molecular formula is C11H19N3S. The highest BCUT2D eigenvalue weighted by Gasteiger charge is 2.33. The number of likely N-dealkylation sites (tertiary alicyclic amines) is 1. The average molecular weight is 225 g/mol. The van der Waals surface area contributed by atoms with E-state index in [1.54, 1.807) is 11.3 Å². The third kappa shape index (κ3) is 2.56. The molecule has 0 amide bonds. The minimum atomic E-state index is 0.239. The molecule has 1 aliphatic rings. The van der Waals surface area contributed by atoms with Crippen molar-refractivity contribution < 1.29 is 0 Å². The molecule has 2 rings (SSSR count). The van der Waals surface area contributed by atoms with Crippen molar-refractivity contribution in [2.24, 2.45) is 11.1 Å². The third-order valence-electron chi connectivity index (χ3n) is 3.25.